The van der Waals surface area contributed by atoms with Gasteiger partial charge >= 0.3 is 0 Å². The van der Waals surface area contributed by atoms with Gasteiger partial charge in [-0.3, -0.25) is 4.18 Å². The van der Waals surface area contributed by atoms with E-state index in [1.54, 1.807) is 12.1 Å². The Balaban J connectivity index is 1.71. The van der Waals surface area contributed by atoms with E-state index in [-0.39, 0.29) is 18.1 Å². The number of aryl methyl sites for hydroxylation is 1. The lowest BCUT2D eigenvalue weighted by atomic mass is 10.2. The maximum absolute atomic E-state index is 12.0. The first kappa shape index (κ1) is 37.8. The quantitative estimate of drug-likeness (QED) is 0.0932. The fraction of sp³-hybridized carbons (Fsp3) is 0.778. The molecule has 13 nitrogen and oxygen atoms in total. The predicted octanol–water partition coefficient (Wildman–Crippen LogP) is 0.808. The molecule has 0 saturated carbocycles. The van der Waals surface area contributed by atoms with E-state index in [9.17, 15) is 8.42 Å². The molecule has 1 rings (SSSR count). The molecule has 0 aliphatic rings. The molecule has 0 aromatic heterocycles. The number of ether oxygens (including phenoxy) is 9. The Morgan fingerprint density at radius 1 is 0.463 bits per heavy atom. The van der Waals surface area contributed by atoms with Crippen LogP contribution in [0.25, 0.3) is 0 Å². The molecular formula is C27H49NO12S. The van der Waals surface area contributed by atoms with Crippen LogP contribution in [-0.4, -0.2) is 140 Å². The second-order valence-electron chi connectivity index (χ2n) is 8.39. The van der Waals surface area contributed by atoms with E-state index in [0.29, 0.717) is 119 Å². The van der Waals surface area contributed by atoms with Crippen LogP contribution in [0.2, 0.25) is 0 Å². The Morgan fingerprint density at radius 3 is 1.02 bits per heavy atom. The summed E-state index contributed by atoms with van der Waals surface area (Å²) in [6, 6.07) is 6.48. The fourth-order valence-electron chi connectivity index (χ4n) is 2.92. The van der Waals surface area contributed by atoms with Crippen molar-refractivity contribution in [3.05, 3.63) is 29.8 Å². The summed E-state index contributed by atoms with van der Waals surface area (Å²) in [5.74, 6) is 0. The molecule has 0 saturated heterocycles. The van der Waals surface area contributed by atoms with Gasteiger partial charge in [-0.1, -0.05) is 17.7 Å². The molecule has 240 valence electrons. The van der Waals surface area contributed by atoms with E-state index in [0.717, 1.165) is 5.56 Å². The van der Waals surface area contributed by atoms with Crippen molar-refractivity contribution < 1.29 is 55.2 Å². The second-order valence-corrected chi connectivity index (χ2v) is 10.0. The van der Waals surface area contributed by atoms with Crippen molar-refractivity contribution in [2.24, 2.45) is 5.73 Å². The Labute approximate surface area is 244 Å². The normalized spacial score (nSPS) is 11.9. The summed E-state index contributed by atoms with van der Waals surface area (Å²) in [6.45, 7) is 10.6. The third-order valence-electron chi connectivity index (χ3n) is 5.01. The van der Waals surface area contributed by atoms with Crippen LogP contribution < -0.4 is 5.73 Å². The van der Waals surface area contributed by atoms with Crippen molar-refractivity contribution in [2.45, 2.75) is 11.8 Å². The Bertz CT molecular complexity index is 798. The molecule has 0 bridgehead atoms. The highest BCUT2D eigenvalue weighted by molar-refractivity contribution is 7.86. The van der Waals surface area contributed by atoms with Gasteiger partial charge in [0.05, 0.1) is 130 Å². The van der Waals surface area contributed by atoms with E-state index in [4.69, 9.17) is 52.5 Å². The minimum atomic E-state index is -3.77. The van der Waals surface area contributed by atoms with Crippen molar-refractivity contribution in [1.82, 2.24) is 0 Å². The third-order valence-corrected chi connectivity index (χ3v) is 6.34. The zero-order valence-electron chi connectivity index (χ0n) is 24.3. The molecule has 0 radical (unpaired) electrons. The molecule has 0 fully saturated rings. The first-order valence-electron chi connectivity index (χ1n) is 13.9. The first-order chi connectivity index (χ1) is 20.1. The van der Waals surface area contributed by atoms with Crippen molar-refractivity contribution in [2.75, 3.05) is 132 Å². The van der Waals surface area contributed by atoms with Gasteiger partial charge in [-0.05, 0) is 19.1 Å². The van der Waals surface area contributed by atoms with Crippen LogP contribution in [-0.2, 0) is 56.9 Å². The van der Waals surface area contributed by atoms with Crippen molar-refractivity contribution in [1.29, 1.82) is 0 Å². The molecule has 1 aromatic rings. The maximum Gasteiger partial charge on any atom is 0.297 e. The third kappa shape index (κ3) is 23.9. The van der Waals surface area contributed by atoms with Crippen molar-refractivity contribution in [3.63, 3.8) is 0 Å². The van der Waals surface area contributed by atoms with Gasteiger partial charge < -0.3 is 48.4 Å². The zero-order valence-corrected chi connectivity index (χ0v) is 25.2. The predicted molar refractivity (Wildman–Crippen MR) is 151 cm³/mol. The Hall–Kier alpha value is -1.27. The molecule has 0 aliphatic carbocycles. The van der Waals surface area contributed by atoms with Gasteiger partial charge in [-0.25, -0.2) is 0 Å². The van der Waals surface area contributed by atoms with Crippen LogP contribution in [0.15, 0.2) is 29.2 Å². The summed E-state index contributed by atoms with van der Waals surface area (Å²) in [5, 5.41) is 0. The Kier molecular flexibility index (Phi) is 25.4. The number of nitrogens with two attached hydrogens (primary N) is 1. The lowest BCUT2D eigenvalue weighted by Gasteiger charge is -2.09. The number of benzene rings is 1. The molecule has 0 heterocycles. The molecule has 1 aromatic carbocycles. The Morgan fingerprint density at radius 2 is 0.732 bits per heavy atom. The molecule has 0 aliphatic heterocycles. The van der Waals surface area contributed by atoms with Gasteiger partial charge in [-0.2, -0.15) is 8.42 Å². The van der Waals surface area contributed by atoms with Gasteiger partial charge in [0.2, 0.25) is 0 Å². The van der Waals surface area contributed by atoms with Gasteiger partial charge in [-0.15, -0.1) is 0 Å². The number of hydrogen-bond acceptors (Lipinski definition) is 13. The summed E-state index contributed by atoms with van der Waals surface area (Å²) >= 11 is 0. The van der Waals surface area contributed by atoms with E-state index in [2.05, 4.69) is 0 Å². The lowest BCUT2D eigenvalue weighted by Crippen LogP contribution is -2.16. The van der Waals surface area contributed by atoms with Crippen LogP contribution in [0.5, 0.6) is 0 Å². The smallest absolute Gasteiger partial charge is 0.297 e. The topological polar surface area (TPSA) is 152 Å². The molecule has 2 N–H and O–H groups in total. The van der Waals surface area contributed by atoms with Gasteiger partial charge in [0.1, 0.15) is 0 Å². The molecule has 0 unspecified atom stereocenters. The van der Waals surface area contributed by atoms with Crippen LogP contribution >= 0.6 is 0 Å². The summed E-state index contributed by atoms with van der Waals surface area (Å²) in [6.07, 6.45) is 0. The first-order valence-corrected chi connectivity index (χ1v) is 15.3. The molecule has 14 heteroatoms. The number of hydrogen-bond donors (Lipinski definition) is 1. The van der Waals surface area contributed by atoms with Gasteiger partial charge in [0.15, 0.2) is 0 Å². The van der Waals surface area contributed by atoms with Crippen molar-refractivity contribution >= 4 is 10.1 Å². The molecule has 0 atom stereocenters. The summed E-state index contributed by atoms with van der Waals surface area (Å²) < 4.78 is 77.5. The highest BCUT2D eigenvalue weighted by atomic mass is 32.2. The average molecular weight is 612 g/mol. The molecule has 41 heavy (non-hydrogen) atoms. The summed E-state index contributed by atoms with van der Waals surface area (Å²) in [7, 11) is -3.77. The highest BCUT2D eigenvalue weighted by Crippen LogP contribution is 2.12. The van der Waals surface area contributed by atoms with Gasteiger partial charge in [0.25, 0.3) is 10.1 Å². The van der Waals surface area contributed by atoms with E-state index in [1.165, 1.54) is 12.1 Å². The fourth-order valence-corrected chi connectivity index (χ4v) is 3.81. The van der Waals surface area contributed by atoms with Crippen LogP contribution in [0.4, 0.5) is 0 Å². The van der Waals surface area contributed by atoms with Crippen LogP contribution in [0.1, 0.15) is 5.56 Å². The van der Waals surface area contributed by atoms with Crippen LogP contribution in [0.3, 0.4) is 0 Å². The average Bonchev–Trinajstić information content (AvgIpc) is 2.96. The molecule has 0 amide bonds. The molecular weight excluding hydrogens is 562 g/mol. The van der Waals surface area contributed by atoms with Crippen molar-refractivity contribution in [3.8, 4) is 0 Å². The number of rotatable bonds is 31. The van der Waals surface area contributed by atoms with E-state index < -0.39 is 10.1 Å². The summed E-state index contributed by atoms with van der Waals surface area (Å²) in [5.41, 5.74) is 6.30. The standard InChI is InChI=1S/C27H49NO12S/c1-26-2-4-27(5-3-26)41(29,30)40-25-24-39-23-22-38-21-20-37-19-18-36-17-16-35-15-14-34-13-12-33-11-10-32-9-8-31-7-6-28/h2-5H,6-25,28H2,1H3. The summed E-state index contributed by atoms with van der Waals surface area (Å²) in [4.78, 5) is 0.129. The largest absolute Gasteiger partial charge is 0.378 e. The maximum atomic E-state index is 12.0. The van der Waals surface area contributed by atoms with Gasteiger partial charge in [0, 0.05) is 6.54 Å². The SMILES string of the molecule is Cc1ccc(S(=O)(=O)OCCOCCOCCOCCOCCOCCOCCOCCOCCOCCN)cc1. The minimum absolute atomic E-state index is 0.0570. The monoisotopic (exact) mass is 611 g/mol. The highest BCUT2D eigenvalue weighted by Gasteiger charge is 2.14. The molecule has 0 spiro atoms. The minimum Gasteiger partial charge on any atom is -0.378 e. The second kappa shape index (κ2) is 27.6. The van der Waals surface area contributed by atoms with E-state index in [1.807, 2.05) is 6.92 Å². The zero-order chi connectivity index (χ0) is 29.7. The van der Waals surface area contributed by atoms with E-state index >= 15 is 0 Å². The lowest BCUT2D eigenvalue weighted by molar-refractivity contribution is -0.0252. The van der Waals surface area contributed by atoms with Crippen LogP contribution in [0, 0.1) is 6.92 Å².